The second-order valence-electron chi connectivity index (χ2n) is 4.27. The molecule has 1 fully saturated rings. The highest BCUT2D eigenvalue weighted by Crippen LogP contribution is 2.20. The second-order valence-corrected chi connectivity index (χ2v) is 5.02. The molecule has 1 atom stereocenters. The lowest BCUT2D eigenvalue weighted by Gasteiger charge is -2.34. The largest absolute Gasteiger partial charge is 0.481 e. The van der Waals surface area contributed by atoms with Crippen LogP contribution in [-0.4, -0.2) is 57.1 Å². The molecule has 0 spiro atoms. The fourth-order valence-electron chi connectivity index (χ4n) is 1.98. The predicted molar refractivity (Wildman–Crippen MR) is 72.1 cm³/mol. The van der Waals surface area contributed by atoms with Crippen LogP contribution >= 0.6 is 23.2 Å². The summed E-state index contributed by atoms with van der Waals surface area (Å²) in [5.41, 5.74) is -0.0262. The fraction of sp³-hybridized carbons (Fsp3) is 0.364. The third-order valence-corrected chi connectivity index (χ3v) is 3.37. The summed E-state index contributed by atoms with van der Waals surface area (Å²) in [4.78, 5) is 36.2. The first-order valence-corrected chi connectivity index (χ1v) is 6.65. The van der Waals surface area contributed by atoms with Gasteiger partial charge in [-0.15, -0.1) is 10.2 Å². The number of carbonyl (C=O) groups excluding carboxylic acids is 2. The van der Waals surface area contributed by atoms with Gasteiger partial charge >= 0.3 is 5.97 Å². The first-order chi connectivity index (χ1) is 9.90. The Labute approximate surface area is 129 Å². The Balaban J connectivity index is 2.32. The van der Waals surface area contributed by atoms with Crippen molar-refractivity contribution in [1.82, 2.24) is 20.4 Å². The number of piperazine rings is 1. The van der Waals surface area contributed by atoms with Crippen LogP contribution in [0.1, 0.15) is 16.8 Å². The van der Waals surface area contributed by atoms with E-state index in [0.29, 0.717) is 0 Å². The lowest BCUT2D eigenvalue weighted by Crippen LogP contribution is -2.57. The van der Waals surface area contributed by atoms with Crippen LogP contribution in [0.25, 0.3) is 0 Å². The molecule has 1 unspecified atom stereocenters. The molecule has 1 saturated heterocycles. The smallest absolute Gasteiger partial charge is 0.305 e. The number of aromatic nitrogens is 2. The Morgan fingerprint density at radius 1 is 1.43 bits per heavy atom. The molecule has 0 saturated carbocycles. The lowest BCUT2D eigenvalue weighted by molar-refractivity contribution is -0.142. The number of rotatable bonds is 3. The third-order valence-electron chi connectivity index (χ3n) is 2.91. The van der Waals surface area contributed by atoms with Crippen molar-refractivity contribution in [3.8, 4) is 0 Å². The summed E-state index contributed by atoms with van der Waals surface area (Å²) in [5.74, 6) is -2.33. The minimum atomic E-state index is -1.19. The molecule has 1 aliphatic rings. The van der Waals surface area contributed by atoms with E-state index < -0.39 is 30.2 Å². The van der Waals surface area contributed by atoms with Crippen molar-refractivity contribution in [2.75, 3.05) is 13.1 Å². The van der Waals surface area contributed by atoms with Crippen LogP contribution in [0.3, 0.4) is 0 Å². The van der Waals surface area contributed by atoms with Gasteiger partial charge in [-0.25, -0.2) is 0 Å². The highest BCUT2D eigenvalue weighted by atomic mass is 35.5. The number of carbonyl (C=O) groups is 3. The number of hydrogen-bond donors (Lipinski definition) is 2. The Morgan fingerprint density at radius 2 is 2.14 bits per heavy atom. The van der Waals surface area contributed by atoms with Crippen LogP contribution in [0, 0.1) is 0 Å². The molecule has 2 N–H and O–H groups in total. The van der Waals surface area contributed by atoms with Gasteiger partial charge in [-0.3, -0.25) is 14.4 Å². The topological polar surface area (TPSA) is 112 Å². The lowest BCUT2D eigenvalue weighted by atomic mass is 10.1. The Bertz CT molecular complexity index is 610. The van der Waals surface area contributed by atoms with Crippen molar-refractivity contribution in [3.05, 3.63) is 21.9 Å². The number of carboxylic acids is 1. The zero-order valence-electron chi connectivity index (χ0n) is 10.5. The number of amides is 2. The summed E-state index contributed by atoms with van der Waals surface area (Å²) < 4.78 is 0. The van der Waals surface area contributed by atoms with Crippen LogP contribution < -0.4 is 5.32 Å². The van der Waals surface area contributed by atoms with E-state index in [0.717, 1.165) is 4.90 Å². The molecule has 1 aliphatic heterocycles. The zero-order chi connectivity index (χ0) is 15.6. The van der Waals surface area contributed by atoms with Gasteiger partial charge in [0.25, 0.3) is 5.91 Å². The van der Waals surface area contributed by atoms with Crippen molar-refractivity contribution < 1.29 is 19.5 Å². The molecule has 0 radical (unpaired) electrons. The molecule has 0 aliphatic carbocycles. The molecule has 0 bridgehead atoms. The summed E-state index contributed by atoms with van der Waals surface area (Å²) in [6.45, 7) is 0.392. The van der Waals surface area contributed by atoms with Crippen molar-refractivity contribution in [3.63, 3.8) is 0 Å². The van der Waals surface area contributed by atoms with E-state index in [2.05, 4.69) is 15.5 Å². The monoisotopic (exact) mass is 332 g/mol. The molecule has 112 valence electrons. The van der Waals surface area contributed by atoms with Gasteiger partial charge in [0.1, 0.15) is 6.04 Å². The van der Waals surface area contributed by atoms with E-state index in [-0.39, 0.29) is 29.0 Å². The number of nitrogens with one attached hydrogen (secondary N) is 1. The second kappa shape index (κ2) is 6.23. The van der Waals surface area contributed by atoms with E-state index >= 15 is 0 Å². The average molecular weight is 333 g/mol. The third kappa shape index (κ3) is 3.40. The van der Waals surface area contributed by atoms with Gasteiger partial charge in [0.05, 0.1) is 12.0 Å². The number of hydrogen-bond acceptors (Lipinski definition) is 5. The molecule has 0 aromatic carbocycles. The molecule has 2 heterocycles. The van der Waals surface area contributed by atoms with Crippen LogP contribution in [0.2, 0.25) is 10.3 Å². The van der Waals surface area contributed by atoms with Gasteiger partial charge < -0.3 is 15.3 Å². The van der Waals surface area contributed by atoms with Crippen molar-refractivity contribution in [2.24, 2.45) is 0 Å². The maximum atomic E-state index is 12.5. The molecule has 2 rings (SSSR count). The molecule has 10 heteroatoms. The normalized spacial score (nSPS) is 18.3. The van der Waals surface area contributed by atoms with Crippen molar-refractivity contribution >= 4 is 41.0 Å². The van der Waals surface area contributed by atoms with Gasteiger partial charge in [-0.1, -0.05) is 23.2 Å². The van der Waals surface area contributed by atoms with Crippen molar-refractivity contribution in [1.29, 1.82) is 0 Å². The number of nitrogens with zero attached hydrogens (tertiary/aromatic N) is 3. The molecule has 1 aromatic heterocycles. The molecule has 2 amide bonds. The highest BCUT2D eigenvalue weighted by molar-refractivity contribution is 6.34. The zero-order valence-corrected chi connectivity index (χ0v) is 12.1. The summed E-state index contributed by atoms with van der Waals surface area (Å²) in [7, 11) is 0. The van der Waals surface area contributed by atoms with Crippen molar-refractivity contribution in [2.45, 2.75) is 12.5 Å². The first-order valence-electron chi connectivity index (χ1n) is 5.89. The van der Waals surface area contributed by atoms with E-state index in [1.165, 1.54) is 6.07 Å². The minimum Gasteiger partial charge on any atom is -0.481 e. The standard InChI is InChI=1S/C11H10Cl2N4O4/c12-7-3-5(9(13)16-15-7)11(21)17-2-1-14-10(20)6(17)4-8(18)19/h3,6H,1-2,4H2,(H,14,20)(H,18,19). The quantitative estimate of drug-likeness (QED) is 0.817. The summed E-state index contributed by atoms with van der Waals surface area (Å²) in [6.07, 6.45) is -0.499. The SMILES string of the molecule is O=C(O)CC1C(=O)NCCN1C(=O)c1cc(Cl)nnc1Cl. The molecule has 8 nitrogen and oxygen atoms in total. The average Bonchev–Trinajstić information content (AvgIpc) is 2.42. The van der Waals surface area contributed by atoms with Crippen LogP contribution in [-0.2, 0) is 9.59 Å². The number of aliphatic carboxylic acids is 1. The Hall–Kier alpha value is -1.93. The van der Waals surface area contributed by atoms with Crippen LogP contribution in [0.5, 0.6) is 0 Å². The summed E-state index contributed by atoms with van der Waals surface area (Å²) >= 11 is 11.5. The maximum Gasteiger partial charge on any atom is 0.305 e. The van der Waals surface area contributed by atoms with Gasteiger partial charge in [0.15, 0.2) is 10.3 Å². The molecular formula is C11H10Cl2N4O4. The van der Waals surface area contributed by atoms with Gasteiger partial charge in [-0.05, 0) is 6.07 Å². The fourth-order valence-corrected chi connectivity index (χ4v) is 2.30. The summed E-state index contributed by atoms with van der Waals surface area (Å²) in [6, 6.07) is 0.121. The van der Waals surface area contributed by atoms with Gasteiger partial charge in [0, 0.05) is 13.1 Å². The Morgan fingerprint density at radius 3 is 2.81 bits per heavy atom. The predicted octanol–water partition coefficient (Wildman–Crippen LogP) is 0.199. The number of carboxylic acid groups (broad SMARTS) is 1. The summed E-state index contributed by atoms with van der Waals surface area (Å²) in [5, 5.41) is 18.2. The highest BCUT2D eigenvalue weighted by Gasteiger charge is 2.36. The van der Waals surface area contributed by atoms with Crippen LogP contribution in [0.15, 0.2) is 6.07 Å². The minimum absolute atomic E-state index is 0.0262. The van der Waals surface area contributed by atoms with E-state index in [1.54, 1.807) is 0 Å². The molecule has 21 heavy (non-hydrogen) atoms. The Kier molecular flexibility index (Phi) is 4.59. The van der Waals surface area contributed by atoms with Crippen LogP contribution in [0.4, 0.5) is 0 Å². The molecule has 1 aromatic rings. The first kappa shape index (κ1) is 15.5. The maximum absolute atomic E-state index is 12.5. The van der Waals surface area contributed by atoms with E-state index in [4.69, 9.17) is 28.3 Å². The number of halogens is 2. The molecular weight excluding hydrogens is 323 g/mol. The van der Waals surface area contributed by atoms with Gasteiger partial charge in [0.2, 0.25) is 5.91 Å². The van der Waals surface area contributed by atoms with E-state index in [1.807, 2.05) is 0 Å². The van der Waals surface area contributed by atoms with E-state index in [9.17, 15) is 14.4 Å². The van der Waals surface area contributed by atoms with Gasteiger partial charge in [-0.2, -0.15) is 0 Å².